The smallest absolute Gasteiger partial charge is 0.303 e. The van der Waals surface area contributed by atoms with Crippen LogP contribution in [0.4, 0.5) is 0 Å². The van der Waals surface area contributed by atoms with Crippen molar-refractivity contribution < 1.29 is 15.0 Å². The maximum atomic E-state index is 10.4. The maximum absolute atomic E-state index is 10.4. The number of carboxylic acids is 1. The molecule has 1 saturated carbocycles. The van der Waals surface area contributed by atoms with Crippen LogP contribution in [-0.2, 0) is 4.79 Å². The Hall–Kier alpha value is -0.570. The molecule has 0 amide bonds. The highest BCUT2D eigenvalue weighted by atomic mass is 16.4. The van der Waals surface area contributed by atoms with Crippen molar-refractivity contribution in [3.8, 4) is 0 Å². The van der Waals surface area contributed by atoms with Gasteiger partial charge in [0, 0.05) is 6.42 Å². The summed E-state index contributed by atoms with van der Waals surface area (Å²) in [7, 11) is 0. The van der Waals surface area contributed by atoms with Crippen LogP contribution >= 0.6 is 0 Å². The lowest BCUT2D eigenvalue weighted by Crippen LogP contribution is -2.37. The summed E-state index contributed by atoms with van der Waals surface area (Å²) in [5, 5.41) is 18.5. The number of aliphatic hydroxyl groups is 1. The lowest BCUT2D eigenvalue weighted by atomic mass is 9.74. The second-order valence-electron chi connectivity index (χ2n) is 4.23. The third-order valence-corrected chi connectivity index (χ3v) is 3.07. The predicted molar refractivity (Wildman–Crippen MR) is 49.5 cm³/mol. The summed E-state index contributed by atoms with van der Waals surface area (Å²) in [6.45, 7) is 1.83. The largest absolute Gasteiger partial charge is 0.481 e. The van der Waals surface area contributed by atoms with Crippen LogP contribution in [0.2, 0.25) is 0 Å². The minimum atomic E-state index is -0.763. The van der Waals surface area contributed by atoms with E-state index in [-0.39, 0.29) is 12.3 Å². The van der Waals surface area contributed by atoms with Gasteiger partial charge < -0.3 is 10.2 Å². The SMILES string of the molecule is CC1(O)CCCCC1CCC(=O)O. The van der Waals surface area contributed by atoms with E-state index >= 15 is 0 Å². The van der Waals surface area contributed by atoms with Crippen LogP contribution in [0.1, 0.15) is 45.4 Å². The Bertz CT molecular complexity index is 187. The second-order valence-corrected chi connectivity index (χ2v) is 4.23. The van der Waals surface area contributed by atoms with E-state index in [1.165, 1.54) is 0 Å². The molecule has 3 heteroatoms. The lowest BCUT2D eigenvalue weighted by molar-refractivity contribution is -0.138. The van der Waals surface area contributed by atoms with Crippen LogP contribution in [0.3, 0.4) is 0 Å². The van der Waals surface area contributed by atoms with Crippen molar-refractivity contribution in [1.29, 1.82) is 0 Å². The highest BCUT2D eigenvalue weighted by Crippen LogP contribution is 2.36. The van der Waals surface area contributed by atoms with Gasteiger partial charge in [-0.15, -0.1) is 0 Å². The van der Waals surface area contributed by atoms with Gasteiger partial charge in [-0.3, -0.25) is 4.79 Å². The number of hydrogen-bond donors (Lipinski definition) is 2. The van der Waals surface area contributed by atoms with Gasteiger partial charge in [0.2, 0.25) is 0 Å². The summed E-state index contributed by atoms with van der Waals surface area (Å²) >= 11 is 0. The first-order valence-electron chi connectivity index (χ1n) is 4.96. The fourth-order valence-corrected chi connectivity index (χ4v) is 2.14. The van der Waals surface area contributed by atoms with E-state index in [1.807, 2.05) is 6.92 Å². The minimum Gasteiger partial charge on any atom is -0.481 e. The molecule has 0 radical (unpaired) electrons. The van der Waals surface area contributed by atoms with Crippen molar-refractivity contribution in [2.75, 3.05) is 0 Å². The molecular formula is C10H18O3. The Morgan fingerprint density at radius 3 is 2.77 bits per heavy atom. The molecule has 0 bridgehead atoms. The molecule has 0 saturated heterocycles. The summed E-state index contributed by atoms with van der Waals surface area (Å²) in [5.74, 6) is -0.585. The molecular weight excluding hydrogens is 168 g/mol. The van der Waals surface area contributed by atoms with Gasteiger partial charge in [0.25, 0.3) is 0 Å². The Labute approximate surface area is 78.8 Å². The lowest BCUT2D eigenvalue weighted by Gasteiger charge is -2.36. The van der Waals surface area contributed by atoms with Crippen LogP contribution in [0.25, 0.3) is 0 Å². The van der Waals surface area contributed by atoms with Gasteiger partial charge in [-0.1, -0.05) is 12.8 Å². The van der Waals surface area contributed by atoms with E-state index < -0.39 is 11.6 Å². The molecule has 1 aliphatic carbocycles. The van der Waals surface area contributed by atoms with Crippen molar-refractivity contribution in [1.82, 2.24) is 0 Å². The van der Waals surface area contributed by atoms with E-state index in [1.54, 1.807) is 0 Å². The van der Waals surface area contributed by atoms with Crippen molar-refractivity contribution in [3.63, 3.8) is 0 Å². The van der Waals surface area contributed by atoms with Crippen molar-refractivity contribution in [3.05, 3.63) is 0 Å². The van der Waals surface area contributed by atoms with Gasteiger partial charge in [-0.05, 0) is 32.1 Å². The minimum absolute atomic E-state index is 0.178. The zero-order valence-corrected chi connectivity index (χ0v) is 8.12. The molecule has 2 unspecified atom stereocenters. The number of aliphatic carboxylic acids is 1. The quantitative estimate of drug-likeness (QED) is 0.706. The molecule has 0 aromatic rings. The van der Waals surface area contributed by atoms with E-state index in [4.69, 9.17) is 5.11 Å². The molecule has 76 valence electrons. The molecule has 2 atom stereocenters. The fraction of sp³-hybridized carbons (Fsp3) is 0.900. The molecule has 0 aromatic carbocycles. The monoisotopic (exact) mass is 186 g/mol. The molecule has 1 fully saturated rings. The molecule has 0 spiro atoms. The summed E-state index contributed by atoms with van der Waals surface area (Å²) in [4.78, 5) is 10.4. The topological polar surface area (TPSA) is 57.5 Å². The van der Waals surface area contributed by atoms with Crippen molar-refractivity contribution in [2.24, 2.45) is 5.92 Å². The Kier molecular flexibility index (Phi) is 3.31. The number of hydrogen-bond acceptors (Lipinski definition) is 2. The standard InChI is InChI=1S/C10H18O3/c1-10(13)7-3-2-4-8(10)5-6-9(11)12/h8,13H,2-7H2,1H3,(H,11,12). The first kappa shape index (κ1) is 10.5. The highest BCUT2D eigenvalue weighted by molar-refractivity contribution is 5.66. The number of rotatable bonds is 3. The first-order chi connectivity index (χ1) is 6.02. The Morgan fingerprint density at radius 1 is 1.54 bits per heavy atom. The summed E-state index contributed by atoms with van der Waals surface area (Å²) in [6, 6.07) is 0. The highest BCUT2D eigenvalue weighted by Gasteiger charge is 2.34. The van der Waals surface area contributed by atoms with Crippen molar-refractivity contribution >= 4 is 5.97 Å². The van der Waals surface area contributed by atoms with Gasteiger partial charge in [-0.2, -0.15) is 0 Å². The zero-order valence-electron chi connectivity index (χ0n) is 8.12. The summed E-state index contributed by atoms with van der Waals surface area (Å²) in [6.07, 6.45) is 4.78. The third kappa shape index (κ3) is 2.99. The normalized spacial score (nSPS) is 34.5. The number of carbonyl (C=O) groups is 1. The molecule has 0 heterocycles. The Balaban J connectivity index is 2.41. The molecule has 3 nitrogen and oxygen atoms in total. The molecule has 0 aliphatic heterocycles. The van der Waals surface area contributed by atoms with Crippen LogP contribution in [0.15, 0.2) is 0 Å². The van der Waals surface area contributed by atoms with Gasteiger partial charge in [0.15, 0.2) is 0 Å². The zero-order chi connectivity index (χ0) is 9.90. The van der Waals surface area contributed by atoms with Crippen LogP contribution < -0.4 is 0 Å². The third-order valence-electron chi connectivity index (χ3n) is 3.07. The fourth-order valence-electron chi connectivity index (χ4n) is 2.14. The first-order valence-corrected chi connectivity index (χ1v) is 4.96. The van der Waals surface area contributed by atoms with Crippen LogP contribution in [0, 0.1) is 5.92 Å². The average molecular weight is 186 g/mol. The van der Waals surface area contributed by atoms with E-state index in [0.29, 0.717) is 6.42 Å². The average Bonchev–Trinajstić information content (AvgIpc) is 2.01. The van der Waals surface area contributed by atoms with E-state index in [2.05, 4.69) is 0 Å². The molecule has 2 N–H and O–H groups in total. The van der Waals surface area contributed by atoms with E-state index in [0.717, 1.165) is 25.7 Å². The van der Waals surface area contributed by atoms with Crippen molar-refractivity contribution in [2.45, 2.75) is 51.0 Å². The predicted octanol–water partition coefficient (Wildman–Crippen LogP) is 1.79. The summed E-state index contributed by atoms with van der Waals surface area (Å²) in [5.41, 5.74) is -0.631. The Morgan fingerprint density at radius 2 is 2.23 bits per heavy atom. The second kappa shape index (κ2) is 4.09. The molecule has 1 rings (SSSR count). The van der Waals surface area contributed by atoms with E-state index in [9.17, 15) is 9.90 Å². The van der Waals surface area contributed by atoms with Gasteiger partial charge in [0.05, 0.1) is 5.60 Å². The van der Waals surface area contributed by atoms with Gasteiger partial charge in [0.1, 0.15) is 0 Å². The molecule has 1 aliphatic rings. The molecule has 0 aromatic heterocycles. The van der Waals surface area contributed by atoms with Gasteiger partial charge >= 0.3 is 5.97 Å². The van der Waals surface area contributed by atoms with Gasteiger partial charge in [-0.25, -0.2) is 0 Å². The van der Waals surface area contributed by atoms with Crippen LogP contribution in [-0.4, -0.2) is 21.8 Å². The maximum Gasteiger partial charge on any atom is 0.303 e. The van der Waals surface area contributed by atoms with Crippen LogP contribution in [0.5, 0.6) is 0 Å². The number of carboxylic acid groups (broad SMARTS) is 1. The summed E-state index contributed by atoms with van der Waals surface area (Å²) < 4.78 is 0. The molecule has 13 heavy (non-hydrogen) atoms.